The Kier molecular flexibility index (Phi) is 2.38. The highest BCUT2D eigenvalue weighted by molar-refractivity contribution is 5.79. The molecule has 2 aromatic heterocycles. The van der Waals surface area contributed by atoms with E-state index in [1.807, 2.05) is 42.6 Å². The number of hydrogen-bond donors (Lipinski definition) is 2. The fourth-order valence-electron chi connectivity index (χ4n) is 2.00. The molecule has 0 amide bonds. The van der Waals surface area contributed by atoms with Gasteiger partial charge in [0.15, 0.2) is 0 Å². The van der Waals surface area contributed by atoms with Gasteiger partial charge < -0.3 is 10.7 Å². The van der Waals surface area contributed by atoms with Crippen LogP contribution in [0, 0.1) is 0 Å². The lowest BCUT2D eigenvalue weighted by Crippen LogP contribution is -2.11. The van der Waals surface area contributed by atoms with Gasteiger partial charge >= 0.3 is 0 Å². The van der Waals surface area contributed by atoms with Crippen molar-refractivity contribution in [2.75, 3.05) is 0 Å². The molecular formula is C14H13N3. The van der Waals surface area contributed by atoms with E-state index in [1.54, 1.807) is 6.20 Å². The largest absolute Gasteiger partial charge is 0.356 e. The molecule has 3 N–H and O–H groups in total. The van der Waals surface area contributed by atoms with Crippen LogP contribution in [-0.4, -0.2) is 9.97 Å². The molecule has 0 fully saturated rings. The first-order valence-electron chi connectivity index (χ1n) is 5.58. The molecule has 0 saturated heterocycles. The van der Waals surface area contributed by atoms with Gasteiger partial charge in [0.2, 0.25) is 0 Å². The van der Waals surface area contributed by atoms with Crippen LogP contribution in [-0.2, 0) is 0 Å². The van der Waals surface area contributed by atoms with Crippen LogP contribution in [0.2, 0.25) is 0 Å². The number of nitrogens with one attached hydrogen (secondary N) is 1. The van der Waals surface area contributed by atoms with Crippen LogP contribution in [0.1, 0.15) is 17.3 Å². The third kappa shape index (κ3) is 1.81. The van der Waals surface area contributed by atoms with Crippen LogP contribution >= 0.6 is 0 Å². The van der Waals surface area contributed by atoms with Gasteiger partial charge in [-0.15, -0.1) is 0 Å². The van der Waals surface area contributed by atoms with Gasteiger partial charge in [-0.3, -0.25) is 4.98 Å². The monoisotopic (exact) mass is 223 g/mol. The van der Waals surface area contributed by atoms with Gasteiger partial charge in [0, 0.05) is 17.3 Å². The molecule has 0 aliphatic carbocycles. The van der Waals surface area contributed by atoms with Crippen molar-refractivity contribution in [3.05, 3.63) is 66.1 Å². The summed E-state index contributed by atoms with van der Waals surface area (Å²) in [4.78, 5) is 7.39. The summed E-state index contributed by atoms with van der Waals surface area (Å²) in [5, 5.41) is 1.14. The second-order valence-corrected chi connectivity index (χ2v) is 4.08. The number of H-pyrrole nitrogens is 1. The summed E-state index contributed by atoms with van der Waals surface area (Å²) in [6.45, 7) is 0. The fourth-order valence-corrected chi connectivity index (χ4v) is 2.00. The van der Waals surface area contributed by atoms with E-state index in [0.29, 0.717) is 0 Å². The van der Waals surface area contributed by atoms with E-state index in [2.05, 4.69) is 16.0 Å². The van der Waals surface area contributed by atoms with E-state index in [0.717, 1.165) is 22.2 Å². The molecule has 0 saturated carbocycles. The SMILES string of the molecule is N[C@@H](c1ccccc1)c1cc2ccncc2[nH]1. The minimum Gasteiger partial charge on any atom is -0.356 e. The minimum absolute atomic E-state index is 0.122. The van der Waals surface area contributed by atoms with Crippen molar-refractivity contribution in [2.24, 2.45) is 5.73 Å². The van der Waals surface area contributed by atoms with Crippen LogP contribution < -0.4 is 5.73 Å². The molecule has 2 heterocycles. The zero-order valence-electron chi connectivity index (χ0n) is 9.30. The molecule has 1 aromatic carbocycles. The molecular weight excluding hydrogens is 210 g/mol. The normalized spacial score (nSPS) is 12.8. The van der Waals surface area contributed by atoms with Crippen molar-refractivity contribution in [1.82, 2.24) is 9.97 Å². The Labute approximate surface area is 99.3 Å². The van der Waals surface area contributed by atoms with Crippen molar-refractivity contribution < 1.29 is 0 Å². The number of nitrogens with zero attached hydrogens (tertiary/aromatic N) is 1. The maximum atomic E-state index is 6.23. The second-order valence-electron chi connectivity index (χ2n) is 4.08. The van der Waals surface area contributed by atoms with Crippen LogP contribution in [0.3, 0.4) is 0 Å². The van der Waals surface area contributed by atoms with E-state index in [-0.39, 0.29) is 6.04 Å². The van der Waals surface area contributed by atoms with Gasteiger partial charge in [-0.2, -0.15) is 0 Å². The maximum absolute atomic E-state index is 6.23. The van der Waals surface area contributed by atoms with Crippen LogP contribution in [0.4, 0.5) is 0 Å². The molecule has 3 heteroatoms. The molecule has 84 valence electrons. The first-order valence-corrected chi connectivity index (χ1v) is 5.58. The molecule has 0 aliphatic heterocycles. The molecule has 0 bridgehead atoms. The van der Waals surface area contributed by atoms with Gasteiger partial charge in [-0.25, -0.2) is 0 Å². The minimum atomic E-state index is -0.122. The molecule has 3 aromatic rings. The van der Waals surface area contributed by atoms with Gasteiger partial charge in [-0.1, -0.05) is 30.3 Å². The number of aromatic nitrogens is 2. The average Bonchev–Trinajstić information content (AvgIpc) is 2.82. The number of aromatic amines is 1. The lowest BCUT2D eigenvalue weighted by Gasteiger charge is -2.09. The average molecular weight is 223 g/mol. The Hall–Kier alpha value is -2.13. The Bertz CT molecular complexity index is 595. The molecule has 17 heavy (non-hydrogen) atoms. The highest BCUT2D eigenvalue weighted by Gasteiger charge is 2.10. The third-order valence-corrected chi connectivity index (χ3v) is 2.94. The Morgan fingerprint density at radius 3 is 2.71 bits per heavy atom. The summed E-state index contributed by atoms with van der Waals surface area (Å²) >= 11 is 0. The lowest BCUT2D eigenvalue weighted by atomic mass is 10.1. The smallest absolute Gasteiger partial charge is 0.0704 e. The first kappa shape index (κ1) is 10.1. The maximum Gasteiger partial charge on any atom is 0.0704 e. The fraction of sp³-hybridized carbons (Fsp3) is 0.0714. The summed E-state index contributed by atoms with van der Waals surface area (Å²) in [5.74, 6) is 0. The summed E-state index contributed by atoms with van der Waals surface area (Å²) < 4.78 is 0. The zero-order valence-corrected chi connectivity index (χ0v) is 9.30. The molecule has 0 radical (unpaired) electrons. The number of pyridine rings is 1. The molecule has 3 nitrogen and oxygen atoms in total. The molecule has 0 spiro atoms. The quantitative estimate of drug-likeness (QED) is 0.701. The number of fused-ring (bicyclic) bond motifs is 1. The van der Waals surface area contributed by atoms with Crippen molar-refractivity contribution in [2.45, 2.75) is 6.04 Å². The van der Waals surface area contributed by atoms with Crippen molar-refractivity contribution in [1.29, 1.82) is 0 Å². The van der Waals surface area contributed by atoms with Gasteiger partial charge in [0.1, 0.15) is 0 Å². The Morgan fingerprint density at radius 1 is 1.12 bits per heavy atom. The number of rotatable bonds is 2. The second kappa shape index (κ2) is 4.03. The van der Waals surface area contributed by atoms with Crippen molar-refractivity contribution in [3.63, 3.8) is 0 Å². The van der Waals surface area contributed by atoms with E-state index in [4.69, 9.17) is 5.73 Å². The zero-order chi connectivity index (χ0) is 11.7. The number of benzene rings is 1. The standard InChI is InChI=1S/C14H13N3/c15-14(10-4-2-1-3-5-10)12-8-11-6-7-16-9-13(11)17-12/h1-9,14,17H,15H2/t14-/m0/s1. The summed E-state index contributed by atoms with van der Waals surface area (Å²) in [7, 11) is 0. The molecule has 3 rings (SSSR count). The molecule has 0 aliphatic rings. The lowest BCUT2D eigenvalue weighted by molar-refractivity contribution is 0.842. The Balaban J connectivity index is 2.04. The Morgan fingerprint density at radius 2 is 1.94 bits per heavy atom. The highest BCUT2D eigenvalue weighted by Crippen LogP contribution is 2.22. The van der Waals surface area contributed by atoms with Gasteiger partial charge in [0.05, 0.1) is 17.8 Å². The predicted molar refractivity (Wildman–Crippen MR) is 68.6 cm³/mol. The number of nitrogens with two attached hydrogens (primary N) is 1. The van der Waals surface area contributed by atoms with Crippen molar-refractivity contribution in [3.8, 4) is 0 Å². The molecule has 0 unspecified atom stereocenters. The van der Waals surface area contributed by atoms with Crippen LogP contribution in [0.25, 0.3) is 10.9 Å². The van der Waals surface area contributed by atoms with E-state index < -0.39 is 0 Å². The van der Waals surface area contributed by atoms with E-state index in [9.17, 15) is 0 Å². The highest BCUT2D eigenvalue weighted by atomic mass is 14.8. The summed E-state index contributed by atoms with van der Waals surface area (Å²) in [5.41, 5.74) is 9.37. The van der Waals surface area contributed by atoms with E-state index in [1.165, 1.54) is 0 Å². The van der Waals surface area contributed by atoms with Crippen molar-refractivity contribution >= 4 is 10.9 Å². The summed E-state index contributed by atoms with van der Waals surface area (Å²) in [6.07, 6.45) is 3.60. The topological polar surface area (TPSA) is 54.7 Å². The van der Waals surface area contributed by atoms with Crippen LogP contribution in [0.5, 0.6) is 0 Å². The predicted octanol–water partition coefficient (Wildman–Crippen LogP) is 2.61. The third-order valence-electron chi connectivity index (χ3n) is 2.94. The van der Waals surface area contributed by atoms with E-state index >= 15 is 0 Å². The van der Waals surface area contributed by atoms with Crippen LogP contribution in [0.15, 0.2) is 54.9 Å². The summed E-state index contributed by atoms with van der Waals surface area (Å²) in [6, 6.07) is 14.0. The molecule has 1 atom stereocenters. The first-order chi connectivity index (χ1) is 8.34. The van der Waals surface area contributed by atoms with Gasteiger partial charge in [0.25, 0.3) is 0 Å². The van der Waals surface area contributed by atoms with Gasteiger partial charge in [-0.05, 0) is 17.7 Å². The number of hydrogen-bond acceptors (Lipinski definition) is 2.